The topological polar surface area (TPSA) is 20.2 Å². The molecule has 0 saturated heterocycles. The summed E-state index contributed by atoms with van der Waals surface area (Å²) in [5.74, 6) is 0. The van der Waals surface area contributed by atoms with Crippen LogP contribution in [-0.4, -0.2) is 5.11 Å². The van der Waals surface area contributed by atoms with Crippen molar-refractivity contribution >= 4 is 15.9 Å². The Morgan fingerprint density at radius 3 is 2.53 bits per heavy atom. The van der Waals surface area contributed by atoms with Crippen LogP contribution in [0.3, 0.4) is 0 Å². The maximum Gasteiger partial charge on any atom is 0.0830 e. The van der Waals surface area contributed by atoms with Crippen LogP contribution in [0, 0.1) is 0 Å². The zero-order valence-electron chi connectivity index (χ0n) is 10.8. The van der Waals surface area contributed by atoms with Crippen LogP contribution in [0.15, 0.2) is 46.9 Å². The first-order valence-corrected chi connectivity index (χ1v) is 7.56. The van der Waals surface area contributed by atoms with Crippen molar-refractivity contribution in [1.82, 2.24) is 0 Å². The van der Waals surface area contributed by atoms with E-state index in [0.717, 1.165) is 22.0 Å². The smallest absolute Gasteiger partial charge is 0.0830 e. The molecule has 98 valence electrons. The Labute approximate surface area is 122 Å². The van der Waals surface area contributed by atoms with Gasteiger partial charge in [-0.05, 0) is 53.6 Å². The van der Waals surface area contributed by atoms with E-state index in [9.17, 15) is 5.11 Å². The van der Waals surface area contributed by atoms with Crippen LogP contribution < -0.4 is 0 Å². The third-order valence-corrected chi connectivity index (χ3v) is 4.38. The predicted molar refractivity (Wildman–Crippen MR) is 81.3 cm³/mol. The van der Waals surface area contributed by atoms with E-state index >= 15 is 0 Å². The number of rotatable bonds is 3. The molecule has 2 aromatic carbocycles. The number of aliphatic hydroxyl groups is 1. The van der Waals surface area contributed by atoms with Crippen LogP contribution in [0.4, 0.5) is 0 Å². The summed E-state index contributed by atoms with van der Waals surface area (Å²) >= 11 is 3.43. The molecule has 0 spiro atoms. The Morgan fingerprint density at radius 2 is 1.74 bits per heavy atom. The van der Waals surface area contributed by atoms with Gasteiger partial charge in [-0.3, -0.25) is 0 Å². The lowest BCUT2D eigenvalue weighted by molar-refractivity contribution is 0.178. The molecule has 0 aliphatic heterocycles. The molecule has 0 saturated carbocycles. The van der Waals surface area contributed by atoms with Crippen LogP contribution >= 0.6 is 15.9 Å². The predicted octanol–water partition coefficient (Wildman–Crippen LogP) is 4.21. The maximum atomic E-state index is 10.4. The van der Waals surface area contributed by atoms with Crippen LogP contribution in [0.1, 0.15) is 34.8 Å². The highest BCUT2D eigenvalue weighted by atomic mass is 79.9. The Kier molecular flexibility index (Phi) is 3.72. The van der Waals surface area contributed by atoms with Crippen molar-refractivity contribution in [1.29, 1.82) is 0 Å². The van der Waals surface area contributed by atoms with Crippen LogP contribution in [0.5, 0.6) is 0 Å². The van der Waals surface area contributed by atoms with Crippen molar-refractivity contribution in [3.8, 4) is 0 Å². The summed E-state index contributed by atoms with van der Waals surface area (Å²) in [6.45, 7) is 0. The Bertz CT molecular complexity index is 574. The second kappa shape index (κ2) is 5.48. The minimum absolute atomic E-state index is 0.410. The summed E-state index contributed by atoms with van der Waals surface area (Å²) in [5, 5.41) is 10.4. The molecule has 2 heteroatoms. The minimum atomic E-state index is -0.410. The zero-order chi connectivity index (χ0) is 13.2. The lowest BCUT2D eigenvalue weighted by atomic mass is 9.98. The van der Waals surface area contributed by atoms with Gasteiger partial charge in [0.25, 0.3) is 0 Å². The Balaban J connectivity index is 1.76. The van der Waals surface area contributed by atoms with Gasteiger partial charge in [-0.25, -0.2) is 0 Å². The molecule has 0 fully saturated rings. The SMILES string of the molecule is OC(Cc1ccc(Br)cc1)c1ccc2c(c1)CCC2. The fourth-order valence-electron chi connectivity index (χ4n) is 2.76. The lowest BCUT2D eigenvalue weighted by Gasteiger charge is -2.13. The fourth-order valence-corrected chi connectivity index (χ4v) is 3.02. The molecule has 1 N–H and O–H groups in total. The Hall–Kier alpha value is -1.12. The van der Waals surface area contributed by atoms with Gasteiger partial charge in [0.1, 0.15) is 0 Å². The summed E-state index contributed by atoms with van der Waals surface area (Å²) in [5.41, 5.74) is 5.09. The third kappa shape index (κ3) is 2.90. The normalized spacial score (nSPS) is 15.3. The summed E-state index contributed by atoms with van der Waals surface area (Å²) in [6.07, 6.45) is 3.87. The van der Waals surface area contributed by atoms with Gasteiger partial charge in [0.05, 0.1) is 6.10 Å². The van der Waals surface area contributed by atoms with Crippen molar-refractivity contribution in [3.63, 3.8) is 0 Å². The van der Waals surface area contributed by atoms with Gasteiger partial charge >= 0.3 is 0 Å². The minimum Gasteiger partial charge on any atom is -0.388 e. The molecule has 3 rings (SSSR count). The summed E-state index contributed by atoms with van der Waals surface area (Å²) in [7, 11) is 0. The van der Waals surface area contributed by atoms with Crippen molar-refractivity contribution in [2.45, 2.75) is 31.8 Å². The highest BCUT2D eigenvalue weighted by molar-refractivity contribution is 9.10. The number of aliphatic hydroxyl groups excluding tert-OH is 1. The van der Waals surface area contributed by atoms with E-state index in [1.807, 2.05) is 12.1 Å². The highest BCUT2D eigenvalue weighted by Crippen LogP contribution is 2.27. The van der Waals surface area contributed by atoms with Crippen LogP contribution in [0.25, 0.3) is 0 Å². The fraction of sp³-hybridized carbons (Fsp3) is 0.294. The van der Waals surface area contributed by atoms with E-state index in [1.54, 1.807) is 0 Å². The number of benzene rings is 2. The molecule has 1 aliphatic rings. The summed E-state index contributed by atoms with van der Waals surface area (Å²) < 4.78 is 1.07. The first kappa shape index (κ1) is 12.9. The average Bonchev–Trinajstić information content (AvgIpc) is 2.88. The number of aryl methyl sites for hydroxylation is 2. The molecule has 19 heavy (non-hydrogen) atoms. The van der Waals surface area contributed by atoms with E-state index in [4.69, 9.17) is 0 Å². The maximum absolute atomic E-state index is 10.4. The second-order valence-corrected chi connectivity index (χ2v) is 6.14. The first-order chi connectivity index (χ1) is 9.22. The van der Waals surface area contributed by atoms with Gasteiger partial charge in [-0.1, -0.05) is 46.3 Å². The molecule has 2 aromatic rings. The van der Waals surface area contributed by atoms with Gasteiger partial charge in [-0.2, -0.15) is 0 Å². The van der Waals surface area contributed by atoms with Gasteiger partial charge < -0.3 is 5.11 Å². The monoisotopic (exact) mass is 316 g/mol. The van der Waals surface area contributed by atoms with E-state index < -0.39 is 6.10 Å². The van der Waals surface area contributed by atoms with Crippen LogP contribution in [-0.2, 0) is 19.3 Å². The quantitative estimate of drug-likeness (QED) is 0.899. The molecule has 1 aliphatic carbocycles. The van der Waals surface area contributed by atoms with E-state index in [2.05, 4.69) is 46.3 Å². The molecule has 0 radical (unpaired) electrons. The molecule has 0 bridgehead atoms. The highest BCUT2D eigenvalue weighted by Gasteiger charge is 2.14. The third-order valence-electron chi connectivity index (χ3n) is 3.85. The molecular weight excluding hydrogens is 300 g/mol. The van der Waals surface area contributed by atoms with E-state index in [-0.39, 0.29) is 0 Å². The van der Waals surface area contributed by atoms with Crippen molar-refractivity contribution < 1.29 is 5.11 Å². The number of hydrogen-bond donors (Lipinski definition) is 1. The van der Waals surface area contributed by atoms with Crippen molar-refractivity contribution in [2.24, 2.45) is 0 Å². The van der Waals surface area contributed by atoms with Gasteiger partial charge in [0.15, 0.2) is 0 Å². The largest absolute Gasteiger partial charge is 0.388 e. The van der Waals surface area contributed by atoms with Crippen molar-refractivity contribution in [2.75, 3.05) is 0 Å². The molecule has 1 atom stereocenters. The molecule has 0 aromatic heterocycles. The van der Waals surface area contributed by atoms with Gasteiger partial charge in [-0.15, -0.1) is 0 Å². The summed E-state index contributed by atoms with van der Waals surface area (Å²) in [6, 6.07) is 14.6. The van der Waals surface area contributed by atoms with Crippen LogP contribution in [0.2, 0.25) is 0 Å². The van der Waals surface area contributed by atoms with Gasteiger partial charge in [0.2, 0.25) is 0 Å². The average molecular weight is 317 g/mol. The number of halogens is 1. The standard InChI is InChI=1S/C17H17BrO/c18-16-8-4-12(5-9-16)10-17(19)15-7-6-13-2-1-3-14(13)11-15/h4-9,11,17,19H,1-3,10H2. The lowest BCUT2D eigenvalue weighted by Crippen LogP contribution is -2.02. The molecule has 0 heterocycles. The van der Waals surface area contributed by atoms with Gasteiger partial charge in [0, 0.05) is 10.9 Å². The second-order valence-electron chi connectivity index (χ2n) is 5.23. The zero-order valence-corrected chi connectivity index (χ0v) is 12.4. The number of fused-ring (bicyclic) bond motifs is 1. The first-order valence-electron chi connectivity index (χ1n) is 6.76. The molecule has 1 unspecified atom stereocenters. The Morgan fingerprint density at radius 1 is 1.00 bits per heavy atom. The molecular formula is C17H17BrO. The number of hydrogen-bond acceptors (Lipinski definition) is 1. The van der Waals surface area contributed by atoms with E-state index in [1.165, 1.54) is 24.0 Å². The molecule has 1 nitrogen and oxygen atoms in total. The molecule has 0 amide bonds. The van der Waals surface area contributed by atoms with E-state index in [0.29, 0.717) is 6.42 Å². The summed E-state index contributed by atoms with van der Waals surface area (Å²) in [4.78, 5) is 0. The van der Waals surface area contributed by atoms with Crippen molar-refractivity contribution in [3.05, 3.63) is 69.2 Å².